The maximum atomic E-state index is 11.1. The Morgan fingerprint density at radius 3 is 2.53 bits per heavy atom. The first-order valence-corrected chi connectivity index (χ1v) is 6.86. The Morgan fingerprint density at radius 2 is 2.13 bits per heavy atom. The van der Waals surface area contributed by atoms with Gasteiger partial charge in [0.05, 0.1) is 10.5 Å². The molecule has 0 fully saturated rings. The number of nitrogens with zero attached hydrogens (tertiary/aromatic N) is 1. The topological polar surface area (TPSA) is 57.9 Å². The average molecular weight is 262 g/mol. The van der Waals surface area contributed by atoms with E-state index >= 15 is 0 Å². The van der Waals surface area contributed by atoms with Gasteiger partial charge in [-0.1, -0.05) is 6.92 Å². The number of hydrogen-bond acceptors (Lipinski definition) is 4. The van der Waals surface area contributed by atoms with Crippen LogP contribution >= 0.6 is 23.3 Å². The average Bonchev–Trinajstić information content (AvgIpc) is 2.15. The van der Waals surface area contributed by atoms with Crippen LogP contribution in [0, 0.1) is 11.3 Å². The first kappa shape index (κ1) is 12.4. The number of nitriles is 1. The molecule has 0 atom stereocenters. The Hall–Kier alpha value is -0.700. The molecule has 0 radical (unpaired) electrons. The van der Waals surface area contributed by atoms with E-state index in [1.165, 1.54) is 12.1 Å². The maximum Gasteiger partial charge on any atom is 0.261 e. The van der Waals surface area contributed by atoms with Crippen LogP contribution in [0.1, 0.15) is 18.1 Å². The molecule has 0 aliphatic heterocycles. The van der Waals surface area contributed by atoms with Crippen LogP contribution in [0.2, 0.25) is 0 Å². The normalized spacial score (nSPS) is 11.1. The van der Waals surface area contributed by atoms with Crippen molar-refractivity contribution in [3.8, 4) is 6.07 Å². The molecule has 0 unspecified atom stereocenters. The van der Waals surface area contributed by atoms with Gasteiger partial charge in [0.2, 0.25) is 0 Å². The molecule has 3 nitrogen and oxygen atoms in total. The third kappa shape index (κ3) is 2.65. The van der Waals surface area contributed by atoms with E-state index in [2.05, 4.69) is 12.6 Å². The fourth-order valence-electron chi connectivity index (χ4n) is 1.21. The van der Waals surface area contributed by atoms with Crippen molar-refractivity contribution in [3.05, 3.63) is 23.3 Å². The Balaban J connectivity index is 3.54. The summed E-state index contributed by atoms with van der Waals surface area (Å²) in [5, 5.41) is 8.84. The SMILES string of the molecule is CCc1cc(S(=O)(=O)Cl)cc(S)c1C#N. The lowest BCUT2D eigenvalue weighted by Crippen LogP contribution is -1.97. The van der Waals surface area contributed by atoms with E-state index in [1.807, 2.05) is 13.0 Å². The third-order valence-electron chi connectivity index (χ3n) is 1.95. The molecule has 1 aromatic carbocycles. The number of thiol groups is 1. The summed E-state index contributed by atoms with van der Waals surface area (Å²) in [7, 11) is 1.44. The van der Waals surface area contributed by atoms with Crippen LogP contribution in [0.25, 0.3) is 0 Å². The number of rotatable bonds is 2. The second-order valence-electron chi connectivity index (χ2n) is 2.88. The summed E-state index contributed by atoms with van der Waals surface area (Å²) in [5.74, 6) is 0. The van der Waals surface area contributed by atoms with Crippen LogP contribution in [0.3, 0.4) is 0 Å². The third-order valence-corrected chi connectivity index (χ3v) is 3.63. The molecule has 0 aliphatic carbocycles. The molecule has 0 saturated heterocycles. The van der Waals surface area contributed by atoms with E-state index in [0.717, 1.165) is 0 Å². The zero-order valence-electron chi connectivity index (χ0n) is 7.86. The minimum atomic E-state index is -3.77. The Morgan fingerprint density at radius 1 is 1.53 bits per heavy atom. The molecule has 0 bridgehead atoms. The Labute approximate surface area is 98.5 Å². The van der Waals surface area contributed by atoms with E-state index in [4.69, 9.17) is 15.9 Å². The zero-order valence-corrected chi connectivity index (χ0v) is 10.3. The number of aryl methyl sites for hydroxylation is 1. The van der Waals surface area contributed by atoms with Gasteiger partial charge in [0, 0.05) is 15.6 Å². The highest BCUT2D eigenvalue weighted by molar-refractivity contribution is 8.13. The number of halogens is 1. The van der Waals surface area contributed by atoms with Crippen molar-refractivity contribution in [2.75, 3.05) is 0 Å². The summed E-state index contributed by atoms with van der Waals surface area (Å²) < 4.78 is 22.2. The van der Waals surface area contributed by atoms with Crippen molar-refractivity contribution in [2.24, 2.45) is 0 Å². The Kier molecular flexibility index (Phi) is 3.66. The van der Waals surface area contributed by atoms with Gasteiger partial charge >= 0.3 is 0 Å². The molecule has 6 heteroatoms. The minimum absolute atomic E-state index is 0.0231. The minimum Gasteiger partial charge on any atom is -0.207 e. The van der Waals surface area contributed by atoms with Crippen LogP contribution in [-0.4, -0.2) is 8.42 Å². The highest BCUT2D eigenvalue weighted by atomic mass is 35.7. The van der Waals surface area contributed by atoms with Gasteiger partial charge in [0.15, 0.2) is 0 Å². The molecule has 1 aromatic rings. The quantitative estimate of drug-likeness (QED) is 0.657. The van der Waals surface area contributed by atoms with Crippen LogP contribution in [0.4, 0.5) is 0 Å². The summed E-state index contributed by atoms with van der Waals surface area (Å²) in [6.45, 7) is 1.83. The predicted molar refractivity (Wildman–Crippen MR) is 60.8 cm³/mol. The smallest absolute Gasteiger partial charge is 0.207 e. The number of benzene rings is 1. The van der Waals surface area contributed by atoms with E-state index < -0.39 is 9.05 Å². The molecule has 0 aromatic heterocycles. The molecule has 0 saturated carbocycles. The molecular formula is C9H8ClNO2S2. The molecule has 1 rings (SSSR count). The second kappa shape index (κ2) is 4.44. The van der Waals surface area contributed by atoms with Gasteiger partial charge in [-0.25, -0.2) is 8.42 Å². The van der Waals surface area contributed by atoms with Crippen molar-refractivity contribution >= 4 is 32.4 Å². The van der Waals surface area contributed by atoms with Crippen molar-refractivity contribution in [1.29, 1.82) is 5.26 Å². The number of hydrogen-bond donors (Lipinski definition) is 1. The lowest BCUT2D eigenvalue weighted by atomic mass is 10.1. The highest BCUT2D eigenvalue weighted by Crippen LogP contribution is 2.25. The molecule has 0 spiro atoms. The van der Waals surface area contributed by atoms with Crippen LogP contribution in [-0.2, 0) is 15.5 Å². The van der Waals surface area contributed by atoms with Gasteiger partial charge in [0.1, 0.15) is 6.07 Å². The molecule has 0 heterocycles. The van der Waals surface area contributed by atoms with E-state index in [1.54, 1.807) is 0 Å². The summed E-state index contributed by atoms with van der Waals surface area (Å²) in [4.78, 5) is 0.307. The molecule has 0 N–H and O–H groups in total. The highest BCUT2D eigenvalue weighted by Gasteiger charge is 2.15. The monoisotopic (exact) mass is 261 g/mol. The first-order valence-electron chi connectivity index (χ1n) is 4.10. The summed E-state index contributed by atoms with van der Waals surface area (Å²) in [5.41, 5.74) is 1.02. The lowest BCUT2D eigenvalue weighted by Gasteiger charge is -2.06. The van der Waals surface area contributed by atoms with Crippen LogP contribution in [0.5, 0.6) is 0 Å². The van der Waals surface area contributed by atoms with E-state index in [-0.39, 0.29) is 4.90 Å². The van der Waals surface area contributed by atoms with E-state index in [9.17, 15) is 8.42 Å². The fourth-order valence-corrected chi connectivity index (χ4v) is 2.43. The van der Waals surface area contributed by atoms with Gasteiger partial charge in [0.25, 0.3) is 9.05 Å². The molecule has 80 valence electrons. The lowest BCUT2D eigenvalue weighted by molar-refractivity contribution is 0.609. The molecular weight excluding hydrogens is 254 g/mol. The molecule has 15 heavy (non-hydrogen) atoms. The van der Waals surface area contributed by atoms with Gasteiger partial charge in [-0.05, 0) is 24.1 Å². The Bertz CT molecular complexity index is 532. The molecule has 0 aliphatic rings. The zero-order chi connectivity index (χ0) is 11.6. The maximum absolute atomic E-state index is 11.1. The van der Waals surface area contributed by atoms with Crippen LogP contribution in [0.15, 0.2) is 21.9 Å². The standard InChI is InChI=1S/C9H8ClNO2S2/c1-2-6-3-7(15(10,12)13)4-9(14)8(6)5-11/h3-4,14H,2H2,1H3. The van der Waals surface area contributed by atoms with Gasteiger partial charge < -0.3 is 0 Å². The fraction of sp³-hybridized carbons (Fsp3) is 0.222. The van der Waals surface area contributed by atoms with Crippen LogP contribution < -0.4 is 0 Å². The first-order chi connectivity index (χ1) is 6.90. The largest absolute Gasteiger partial charge is 0.261 e. The molecule has 0 amide bonds. The van der Waals surface area contributed by atoms with Gasteiger partial charge in [-0.15, -0.1) is 12.6 Å². The van der Waals surface area contributed by atoms with Crippen molar-refractivity contribution in [1.82, 2.24) is 0 Å². The second-order valence-corrected chi connectivity index (χ2v) is 5.93. The predicted octanol–water partition coefficient (Wildman–Crippen LogP) is 2.34. The summed E-state index contributed by atoms with van der Waals surface area (Å²) in [6.07, 6.45) is 0.552. The van der Waals surface area contributed by atoms with E-state index in [0.29, 0.717) is 22.4 Å². The summed E-state index contributed by atoms with van der Waals surface area (Å²) >= 11 is 4.06. The summed E-state index contributed by atoms with van der Waals surface area (Å²) in [6, 6.07) is 4.66. The van der Waals surface area contributed by atoms with Crippen molar-refractivity contribution in [2.45, 2.75) is 23.1 Å². The van der Waals surface area contributed by atoms with Gasteiger partial charge in [-0.3, -0.25) is 0 Å². The van der Waals surface area contributed by atoms with Gasteiger partial charge in [-0.2, -0.15) is 5.26 Å². The van der Waals surface area contributed by atoms with Crippen molar-refractivity contribution in [3.63, 3.8) is 0 Å². The van der Waals surface area contributed by atoms with Crippen molar-refractivity contribution < 1.29 is 8.42 Å².